The molecule has 6 heteroatoms. The van der Waals surface area contributed by atoms with Crippen molar-refractivity contribution in [2.24, 2.45) is 0 Å². The van der Waals surface area contributed by atoms with E-state index in [9.17, 15) is 0 Å². The molecule has 3 aromatic carbocycles. The van der Waals surface area contributed by atoms with Crippen molar-refractivity contribution in [1.82, 2.24) is 4.98 Å². The molecular formula is C23H21NO5. The predicted molar refractivity (Wildman–Crippen MR) is 111 cm³/mol. The summed E-state index contributed by atoms with van der Waals surface area (Å²) in [6.45, 7) is 0. The lowest BCUT2D eigenvalue weighted by molar-refractivity contribution is 0.324. The summed E-state index contributed by atoms with van der Waals surface area (Å²) in [7, 11) is 6.40. The van der Waals surface area contributed by atoms with Crippen LogP contribution in [0.5, 0.6) is 23.0 Å². The minimum atomic E-state index is 0.527. The molecule has 0 unspecified atom stereocenters. The fourth-order valence-electron chi connectivity index (χ4n) is 3.29. The number of nitrogens with zero attached hydrogens (tertiary/aromatic N) is 1. The van der Waals surface area contributed by atoms with Crippen LogP contribution in [0.25, 0.3) is 33.7 Å². The van der Waals surface area contributed by atoms with E-state index in [2.05, 4.69) is 4.98 Å². The van der Waals surface area contributed by atoms with Crippen LogP contribution in [-0.4, -0.2) is 33.4 Å². The summed E-state index contributed by atoms with van der Waals surface area (Å²) in [6.07, 6.45) is 0. The SMILES string of the molecule is COc1cccc(-c2nc3cccc(-c4cc(OC)c(OC)c(OC)c4)c3o2)c1. The molecule has 1 aromatic heterocycles. The summed E-state index contributed by atoms with van der Waals surface area (Å²) in [5.41, 5.74) is 4.03. The summed E-state index contributed by atoms with van der Waals surface area (Å²) in [5.74, 6) is 2.96. The minimum absolute atomic E-state index is 0.527. The molecule has 4 aromatic rings. The minimum Gasteiger partial charge on any atom is -0.497 e. The number of fused-ring (bicyclic) bond motifs is 1. The second-order valence-electron chi connectivity index (χ2n) is 6.32. The van der Waals surface area contributed by atoms with Crippen molar-refractivity contribution in [2.75, 3.05) is 28.4 Å². The van der Waals surface area contributed by atoms with Crippen LogP contribution >= 0.6 is 0 Å². The average Bonchev–Trinajstić information content (AvgIpc) is 3.22. The Balaban J connectivity index is 1.88. The second kappa shape index (κ2) is 7.75. The van der Waals surface area contributed by atoms with Gasteiger partial charge in [0.05, 0.1) is 28.4 Å². The Morgan fingerprint density at radius 2 is 1.45 bits per heavy atom. The van der Waals surface area contributed by atoms with Crippen molar-refractivity contribution in [3.8, 4) is 45.6 Å². The Kier molecular flexibility index (Phi) is 4.99. The highest BCUT2D eigenvalue weighted by Crippen LogP contribution is 2.43. The van der Waals surface area contributed by atoms with Gasteiger partial charge in [0.15, 0.2) is 17.1 Å². The quantitative estimate of drug-likeness (QED) is 0.450. The Bertz CT molecular complexity index is 1140. The fraction of sp³-hybridized carbons (Fsp3) is 0.174. The van der Waals surface area contributed by atoms with E-state index in [-0.39, 0.29) is 0 Å². The number of aromatic nitrogens is 1. The number of hydrogen-bond donors (Lipinski definition) is 0. The van der Waals surface area contributed by atoms with Crippen LogP contribution in [-0.2, 0) is 0 Å². The third-order valence-electron chi connectivity index (χ3n) is 4.71. The first-order chi connectivity index (χ1) is 14.2. The van der Waals surface area contributed by atoms with E-state index in [1.807, 2.05) is 54.6 Å². The van der Waals surface area contributed by atoms with Crippen molar-refractivity contribution < 1.29 is 23.4 Å². The summed E-state index contributed by atoms with van der Waals surface area (Å²) in [4.78, 5) is 4.65. The molecule has 148 valence electrons. The van der Waals surface area contributed by atoms with E-state index in [1.54, 1.807) is 28.4 Å². The van der Waals surface area contributed by atoms with Gasteiger partial charge < -0.3 is 23.4 Å². The maximum atomic E-state index is 6.16. The summed E-state index contributed by atoms with van der Waals surface area (Å²) < 4.78 is 27.9. The van der Waals surface area contributed by atoms with Gasteiger partial charge in [-0.25, -0.2) is 4.98 Å². The zero-order valence-electron chi connectivity index (χ0n) is 16.7. The van der Waals surface area contributed by atoms with Crippen LogP contribution in [0.2, 0.25) is 0 Å². The first kappa shape index (κ1) is 18.7. The smallest absolute Gasteiger partial charge is 0.227 e. The van der Waals surface area contributed by atoms with Crippen LogP contribution in [0.3, 0.4) is 0 Å². The van der Waals surface area contributed by atoms with E-state index in [0.717, 1.165) is 28.0 Å². The Labute approximate surface area is 168 Å². The van der Waals surface area contributed by atoms with Crippen molar-refractivity contribution >= 4 is 11.1 Å². The highest BCUT2D eigenvalue weighted by Gasteiger charge is 2.18. The Morgan fingerprint density at radius 1 is 0.724 bits per heavy atom. The number of benzene rings is 3. The molecule has 0 aliphatic rings. The summed E-state index contributed by atoms with van der Waals surface area (Å²) in [5, 5.41) is 0. The van der Waals surface area contributed by atoms with Gasteiger partial charge in [0, 0.05) is 11.1 Å². The highest BCUT2D eigenvalue weighted by molar-refractivity contribution is 5.92. The van der Waals surface area contributed by atoms with Gasteiger partial charge in [-0.1, -0.05) is 18.2 Å². The Hall–Kier alpha value is -3.67. The van der Waals surface area contributed by atoms with Crippen LogP contribution in [0.4, 0.5) is 0 Å². The van der Waals surface area contributed by atoms with Gasteiger partial charge in [-0.3, -0.25) is 0 Å². The van der Waals surface area contributed by atoms with Crippen molar-refractivity contribution in [3.63, 3.8) is 0 Å². The molecule has 0 bridgehead atoms. The molecule has 1 heterocycles. The molecule has 0 atom stereocenters. The number of methoxy groups -OCH3 is 4. The van der Waals surface area contributed by atoms with E-state index >= 15 is 0 Å². The molecule has 29 heavy (non-hydrogen) atoms. The third kappa shape index (κ3) is 3.33. The molecule has 0 spiro atoms. The van der Waals surface area contributed by atoms with E-state index < -0.39 is 0 Å². The van der Waals surface area contributed by atoms with Crippen LogP contribution < -0.4 is 18.9 Å². The standard InChI is InChI=1S/C23H21NO5/c1-25-16-8-5-7-14(11-16)23-24-18-10-6-9-17(21(18)29-23)15-12-19(26-2)22(28-4)20(13-15)27-3/h5-13H,1-4H3. The topological polar surface area (TPSA) is 63.0 Å². The monoisotopic (exact) mass is 391 g/mol. The van der Waals surface area contributed by atoms with Gasteiger partial charge in [-0.15, -0.1) is 0 Å². The number of oxazole rings is 1. The highest BCUT2D eigenvalue weighted by atomic mass is 16.5. The zero-order chi connectivity index (χ0) is 20.4. The number of rotatable bonds is 6. The molecule has 0 aliphatic carbocycles. The maximum Gasteiger partial charge on any atom is 0.227 e. The molecule has 0 fully saturated rings. The fourth-order valence-corrected chi connectivity index (χ4v) is 3.29. The van der Waals surface area contributed by atoms with Gasteiger partial charge >= 0.3 is 0 Å². The number of hydrogen-bond acceptors (Lipinski definition) is 6. The van der Waals surface area contributed by atoms with Crippen LogP contribution in [0.1, 0.15) is 0 Å². The molecule has 0 radical (unpaired) electrons. The van der Waals surface area contributed by atoms with Crippen molar-refractivity contribution in [3.05, 3.63) is 54.6 Å². The first-order valence-corrected chi connectivity index (χ1v) is 9.03. The molecule has 0 saturated carbocycles. The maximum absolute atomic E-state index is 6.16. The van der Waals surface area contributed by atoms with Crippen molar-refractivity contribution in [2.45, 2.75) is 0 Å². The average molecular weight is 391 g/mol. The molecule has 6 nitrogen and oxygen atoms in total. The third-order valence-corrected chi connectivity index (χ3v) is 4.71. The second-order valence-corrected chi connectivity index (χ2v) is 6.32. The van der Waals surface area contributed by atoms with Gasteiger partial charge in [-0.2, -0.15) is 0 Å². The first-order valence-electron chi connectivity index (χ1n) is 9.03. The summed E-state index contributed by atoms with van der Waals surface area (Å²) >= 11 is 0. The van der Waals surface area contributed by atoms with Gasteiger partial charge in [0.1, 0.15) is 11.3 Å². The lowest BCUT2D eigenvalue weighted by Gasteiger charge is -2.14. The summed E-state index contributed by atoms with van der Waals surface area (Å²) in [6, 6.07) is 17.2. The van der Waals surface area contributed by atoms with Gasteiger partial charge in [-0.05, 0) is 42.0 Å². The van der Waals surface area contributed by atoms with E-state index in [4.69, 9.17) is 23.4 Å². The predicted octanol–water partition coefficient (Wildman–Crippen LogP) is 5.20. The lowest BCUT2D eigenvalue weighted by Crippen LogP contribution is -1.95. The Morgan fingerprint density at radius 3 is 2.10 bits per heavy atom. The zero-order valence-corrected chi connectivity index (χ0v) is 16.7. The van der Waals surface area contributed by atoms with Crippen molar-refractivity contribution in [1.29, 1.82) is 0 Å². The van der Waals surface area contributed by atoms with Gasteiger partial charge in [0.2, 0.25) is 11.6 Å². The van der Waals surface area contributed by atoms with E-state index in [0.29, 0.717) is 28.7 Å². The molecule has 4 rings (SSSR count). The number of ether oxygens (including phenoxy) is 4. The molecule has 0 N–H and O–H groups in total. The van der Waals surface area contributed by atoms with Crippen LogP contribution in [0.15, 0.2) is 59.0 Å². The normalized spacial score (nSPS) is 10.8. The van der Waals surface area contributed by atoms with Gasteiger partial charge in [0.25, 0.3) is 0 Å². The van der Waals surface area contributed by atoms with E-state index in [1.165, 1.54) is 0 Å². The lowest BCUT2D eigenvalue weighted by atomic mass is 10.0. The largest absolute Gasteiger partial charge is 0.497 e. The molecular weight excluding hydrogens is 370 g/mol. The molecule has 0 amide bonds. The molecule has 0 saturated heterocycles. The number of para-hydroxylation sites is 1. The van der Waals surface area contributed by atoms with Crippen LogP contribution in [0, 0.1) is 0 Å². The molecule has 0 aliphatic heterocycles.